The van der Waals surface area contributed by atoms with Crippen LogP contribution in [0.2, 0.25) is 0 Å². The Morgan fingerprint density at radius 2 is 2.29 bits per heavy atom. The molecular formula is C10H12N2O2. The van der Waals surface area contributed by atoms with E-state index >= 15 is 0 Å². The lowest BCUT2D eigenvalue weighted by Crippen LogP contribution is -2.03. The van der Waals surface area contributed by atoms with E-state index in [1.807, 2.05) is 0 Å². The molecule has 74 valence electrons. The number of hydrogen-bond acceptors (Lipinski definition) is 4. The van der Waals surface area contributed by atoms with Gasteiger partial charge in [0.1, 0.15) is 0 Å². The quantitative estimate of drug-likeness (QED) is 0.433. The number of benzene rings is 1. The van der Waals surface area contributed by atoms with E-state index in [1.165, 1.54) is 7.11 Å². The number of ether oxygens (including phenoxy) is 1. The maximum atomic E-state index is 11.1. The van der Waals surface area contributed by atoms with E-state index in [-0.39, 0.29) is 0 Å². The molecule has 4 nitrogen and oxygen atoms in total. The van der Waals surface area contributed by atoms with Gasteiger partial charge in [0, 0.05) is 24.5 Å². The molecule has 14 heavy (non-hydrogen) atoms. The highest BCUT2D eigenvalue weighted by molar-refractivity contribution is 5.94. The van der Waals surface area contributed by atoms with Gasteiger partial charge in [0.2, 0.25) is 0 Å². The molecule has 0 amide bonds. The van der Waals surface area contributed by atoms with Crippen LogP contribution in [0.5, 0.6) is 0 Å². The van der Waals surface area contributed by atoms with Crippen LogP contribution in [0.1, 0.15) is 15.9 Å². The summed E-state index contributed by atoms with van der Waals surface area (Å²) >= 11 is 0. The Bertz CT molecular complexity index is 372. The van der Waals surface area contributed by atoms with Crippen LogP contribution in [0.25, 0.3) is 0 Å². The minimum Gasteiger partial charge on any atom is -0.465 e. The molecule has 0 unspecified atom stereocenters. The van der Waals surface area contributed by atoms with Crippen molar-refractivity contribution in [1.82, 2.24) is 0 Å². The molecule has 2 N–H and O–H groups in total. The third kappa shape index (κ3) is 2.10. The topological polar surface area (TPSA) is 64.7 Å². The monoisotopic (exact) mass is 192 g/mol. The Hall–Kier alpha value is -1.84. The number of nitrogens with two attached hydrogens (primary N) is 1. The van der Waals surface area contributed by atoms with Crippen LogP contribution in [0.4, 0.5) is 5.69 Å². The first-order valence-electron chi connectivity index (χ1n) is 4.09. The van der Waals surface area contributed by atoms with Gasteiger partial charge in [-0.3, -0.25) is 4.99 Å². The smallest absolute Gasteiger partial charge is 0.337 e. The molecule has 0 aliphatic carbocycles. The SMILES string of the molecule is C/N=C/c1ccc(C(=O)OC)cc1N. The third-order valence-electron chi connectivity index (χ3n) is 1.78. The molecule has 0 aromatic heterocycles. The van der Waals surface area contributed by atoms with Gasteiger partial charge in [-0.2, -0.15) is 0 Å². The molecule has 0 aliphatic rings. The zero-order chi connectivity index (χ0) is 10.6. The second-order valence-corrected chi connectivity index (χ2v) is 2.72. The summed E-state index contributed by atoms with van der Waals surface area (Å²) in [5, 5.41) is 0. The van der Waals surface area contributed by atoms with Crippen LogP contribution < -0.4 is 5.73 Å². The molecule has 0 radical (unpaired) electrons. The Morgan fingerprint density at radius 3 is 2.79 bits per heavy atom. The molecule has 4 heteroatoms. The van der Waals surface area contributed by atoms with E-state index in [2.05, 4.69) is 9.73 Å². The van der Waals surface area contributed by atoms with E-state index in [4.69, 9.17) is 5.73 Å². The van der Waals surface area contributed by atoms with E-state index in [0.717, 1.165) is 5.56 Å². The molecule has 0 spiro atoms. The van der Waals surface area contributed by atoms with Crippen LogP contribution in [0, 0.1) is 0 Å². The van der Waals surface area contributed by atoms with Gasteiger partial charge in [-0.25, -0.2) is 4.79 Å². The van der Waals surface area contributed by atoms with Crippen LogP contribution in [0.3, 0.4) is 0 Å². The molecule has 1 aromatic rings. The zero-order valence-corrected chi connectivity index (χ0v) is 8.15. The van der Waals surface area contributed by atoms with Crippen molar-refractivity contribution in [2.24, 2.45) is 4.99 Å². The van der Waals surface area contributed by atoms with Crippen molar-refractivity contribution in [1.29, 1.82) is 0 Å². The lowest BCUT2D eigenvalue weighted by atomic mass is 10.1. The van der Waals surface area contributed by atoms with E-state index in [0.29, 0.717) is 11.3 Å². The lowest BCUT2D eigenvalue weighted by molar-refractivity contribution is 0.0601. The van der Waals surface area contributed by atoms with Crippen LogP contribution in [-0.2, 0) is 4.74 Å². The largest absolute Gasteiger partial charge is 0.465 e. The van der Waals surface area contributed by atoms with Crippen LogP contribution in [0.15, 0.2) is 23.2 Å². The Morgan fingerprint density at radius 1 is 1.57 bits per heavy atom. The summed E-state index contributed by atoms with van der Waals surface area (Å²) in [6, 6.07) is 4.96. The minimum atomic E-state index is -0.392. The van der Waals surface area contributed by atoms with E-state index in [1.54, 1.807) is 31.5 Å². The van der Waals surface area contributed by atoms with Crippen molar-refractivity contribution >= 4 is 17.9 Å². The standard InChI is InChI=1S/C10H12N2O2/c1-12-6-8-4-3-7(5-9(8)11)10(13)14-2/h3-6H,11H2,1-2H3/b12-6+. The molecule has 0 saturated carbocycles. The first-order valence-corrected chi connectivity index (χ1v) is 4.09. The number of nitrogens with zero attached hydrogens (tertiary/aromatic N) is 1. The van der Waals surface area contributed by atoms with Crippen molar-refractivity contribution in [3.05, 3.63) is 29.3 Å². The third-order valence-corrected chi connectivity index (χ3v) is 1.78. The number of anilines is 1. The van der Waals surface area contributed by atoms with Crippen molar-refractivity contribution < 1.29 is 9.53 Å². The predicted octanol–water partition coefficient (Wildman–Crippen LogP) is 1.10. The van der Waals surface area contributed by atoms with Gasteiger partial charge in [-0.15, -0.1) is 0 Å². The van der Waals surface area contributed by atoms with E-state index in [9.17, 15) is 4.79 Å². The second-order valence-electron chi connectivity index (χ2n) is 2.72. The number of rotatable bonds is 2. The normalized spacial score (nSPS) is 10.4. The summed E-state index contributed by atoms with van der Waals surface area (Å²) in [4.78, 5) is 15.0. The van der Waals surface area contributed by atoms with Gasteiger partial charge >= 0.3 is 5.97 Å². The van der Waals surface area contributed by atoms with Gasteiger partial charge in [-0.1, -0.05) is 6.07 Å². The van der Waals surface area contributed by atoms with Crippen LogP contribution >= 0.6 is 0 Å². The van der Waals surface area contributed by atoms with E-state index < -0.39 is 5.97 Å². The first-order chi connectivity index (χ1) is 6.69. The fourth-order valence-corrected chi connectivity index (χ4v) is 1.08. The maximum absolute atomic E-state index is 11.1. The van der Waals surface area contributed by atoms with Crippen molar-refractivity contribution in [2.45, 2.75) is 0 Å². The summed E-state index contributed by atoms with van der Waals surface area (Å²) in [5.41, 5.74) is 7.45. The number of carbonyl (C=O) groups excluding carboxylic acids is 1. The average molecular weight is 192 g/mol. The van der Waals surface area contributed by atoms with Crippen molar-refractivity contribution in [2.75, 3.05) is 19.9 Å². The summed E-state index contributed by atoms with van der Waals surface area (Å²) in [6.07, 6.45) is 1.64. The molecule has 0 atom stereocenters. The van der Waals surface area contributed by atoms with Gasteiger partial charge in [0.05, 0.1) is 12.7 Å². The highest BCUT2D eigenvalue weighted by Gasteiger charge is 2.06. The number of hydrogen-bond donors (Lipinski definition) is 1. The molecule has 0 saturated heterocycles. The molecule has 1 aromatic carbocycles. The molecule has 0 bridgehead atoms. The number of esters is 1. The molecule has 0 heterocycles. The number of aliphatic imine (C=N–C) groups is 1. The van der Waals surface area contributed by atoms with Gasteiger partial charge in [-0.05, 0) is 12.1 Å². The predicted molar refractivity (Wildman–Crippen MR) is 55.7 cm³/mol. The highest BCUT2D eigenvalue weighted by atomic mass is 16.5. The minimum absolute atomic E-state index is 0.392. The molecule has 0 fully saturated rings. The van der Waals surface area contributed by atoms with Crippen molar-refractivity contribution in [3.8, 4) is 0 Å². The summed E-state index contributed by atoms with van der Waals surface area (Å²) in [5.74, 6) is -0.392. The second kappa shape index (κ2) is 4.41. The summed E-state index contributed by atoms with van der Waals surface area (Å²) < 4.78 is 4.56. The average Bonchev–Trinajstić information content (AvgIpc) is 2.20. The number of methoxy groups -OCH3 is 1. The Balaban J connectivity index is 3.06. The van der Waals surface area contributed by atoms with Gasteiger partial charge < -0.3 is 10.5 Å². The number of nitrogen functional groups attached to an aromatic ring is 1. The lowest BCUT2D eigenvalue weighted by Gasteiger charge is -2.02. The van der Waals surface area contributed by atoms with Gasteiger partial charge in [0.15, 0.2) is 0 Å². The fourth-order valence-electron chi connectivity index (χ4n) is 1.08. The Kier molecular flexibility index (Phi) is 3.23. The fraction of sp³-hybridized carbons (Fsp3) is 0.200. The molecular weight excluding hydrogens is 180 g/mol. The highest BCUT2D eigenvalue weighted by Crippen LogP contribution is 2.13. The first kappa shape index (κ1) is 10.2. The maximum Gasteiger partial charge on any atom is 0.337 e. The molecule has 0 aliphatic heterocycles. The summed E-state index contributed by atoms with van der Waals surface area (Å²) in [6.45, 7) is 0. The zero-order valence-electron chi connectivity index (χ0n) is 8.15. The number of carbonyl (C=O) groups is 1. The van der Waals surface area contributed by atoms with Gasteiger partial charge in [0.25, 0.3) is 0 Å². The summed E-state index contributed by atoms with van der Waals surface area (Å²) in [7, 11) is 2.99. The molecule has 1 rings (SSSR count). The van der Waals surface area contributed by atoms with Crippen LogP contribution in [-0.4, -0.2) is 26.3 Å². The Labute approximate surface area is 82.4 Å². The van der Waals surface area contributed by atoms with Crippen molar-refractivity contribution in [3.63, 3.8) is 0 Å².